The van der Waals surface area contributed by atoms with E-state index in [4.69, 9.17) is 0 Å². The molecule has 4 heteroatoms. The van der Waals surface area contributed by atoms with Gasteiger partial charge in [0.05, 0.1) is 6.54 Å². The second kappa shape index (κ2) is 5.65. The molecule has 0 aromatic carbocycles. The van der Waals surface area contributed by atoms with Gasteiger partial charge in [-0.2, -0.15) is 0 Å². The highest BCUT2D eigenvalue weighted by molar-refractivity contribution is 4.91. The molecule has 0 radical (unpaired) electrons. The van der Waals surface area contributed by atoms with Crippen LogP contribution in [0.5, 0.6) is 0 Å². The van der Waals surface area contributed by atoms with E-state index in [0.717, 1.165) is 18.3 Å². The molecule has 4 nitrogen and oxygen atoms in total. The van der Waals surface area contributed by atoms with Crippen LogP contribution in [-0.2, 0) is 13.6 Å². The van der Waals surface area contributed by atoms with Crippen molar-refractivity contribution < 1.29 is 0 Å². The topological polar surface area (TPSA) is 33.1 Å². The Labute approximate surface area is 104 Å². The minimum Gasteiger partial charge on any atom is -0.337 e. The van der Waals surface area contributed by atoms with Crippen molar-refractivity contribution in [2.75, 3.05) is 20.6 Å². The summed E-state index contributed by atoms with van der Waals surface area (Å²) in [5, 5.41) is 3.44. The molecule has 17 heavy (non-hydrogen) atoms. The predicted octanol–water partition coefficient (Wildman–Crippen LogP) is 1.24. The lowest BCUT2D eigenvalue weighted by Gasteiger charge is -2.25. The number of nitrogens with zero attached hydrogens (tertiary/aromatic N) is 3. The van der Waals surface area contributed by atoms with Crippen LogP contribution in [0.1, 0.15) is 25.1 Å². The van der Waals surface area contributed by atoms with Crippen molar-refractivity contribution >= 4 is 0 Å². The highest BCUT2D eigenvalue weighted by atomic mass is 15.2. The zero-order valence-electron chi connectivity index (χ0n) is 11.2. The van der Waals surface area contributed by atoms with E-state index in [-0.39, 0.29) is 0 Å². The van der Waals surface area contributed by atoms with Gasteiger partial charge >= 0.3 is 0 Å². The molecular formula is C13H24N4. The number of hydrogen-bond acceptors (Lipinski definition) is 3. The summed E-state index contributed by atoms with van der Waals surface area (Å²) in [5.41, 5.74) is 0. The second-order valence-corrected chi connectivity index (χ2v) is 5.24. The third-order valence-corrected chi connectivity index (χ3v) is 3.91. The Morgan fingerprint density at radius 2 is 2.35 bits per heavy atom. The Hall–Kier alpha value is -0.870. The highest BCUT2D eigenvalue weighted by Gasteiger charge is 2.26. The fourth-order valence-electron chi connectivity index (χ4n) is 2.89. The lowest BCUT2D eigenvalue weighted by molar-refractivity contribution is 0.242. The zero-order chi connectivity index (χ0) is 12.3. The van der Waals surface area contributed by atoms with Gasteiger partial charge in [-0.25, -0.2) is 4.98 Å². The van der Waals surface area contributed by atoms with Crippen molar-refractivity contribution in [3.63, 3.8) is 0 Å². The van der Waals surface area contributed by atoms with E-state index in [0.29, 0.717) is 6.04 Å². The molecule has 2 atom stereocenters. The zero-order valence-corrected chi connectivity index (χ0v) is 11.2. The third kappa shape index (κ3) is 3.07. The maximum absolute atomic E-state index is 4.38. The summed E-state index contributed by atoms with van der Waals surface area (Å²) in [5.74, 6) is 1.94. The molecule has 1 fully saturated rings. The first-order valence-corrected chi connectivity index (χ1v) is 6.52. The Bertz CT molecular complexity index is 347. The molecule has 0 aliphatic heterocycles. The number of aromatic nitrogens is 2. The van der Waals surface area contributed by atoms with Gasteiger partial charge in [0.2, 0.25) is 0 Å². The van der Waals surface area contributed by atoms with Gasteiger partial charge in [0, 0.05) is 32.0 Å². The van der Waals surface area contributed by atoms with Crippen LogP contribution < -0.4 is 5.32 Å². The summed E-state index contributed by atoms with van der Waals surface area (Å²) < 4.78 is 2.10. The van der Waals surface area contributed by atoms with Gasteiger partial charge in [-0.15, -0.1) is 0 Å². The molecule has 1 aliphatic rings. The molecule has 1 saturated carbocycles. The van der Waals surface area contributed by atoms with Crippen LogP contribution in [0.3, 0.4) is 0 Å². The Morgan fingerprint density at radius 1 is 1.53 bits per heavy atom. The molecule has 0 saturated heterocycles. The SMILES string of the molecule is CNC1CCCC1CN(C)Cc1nccn1C. The van der Waals surface area contributed by atoms with Gasteiger partial charge in [0.15, 0.2) is 0 Å². The van der Waals surface area contributed by atoms with Gasteiger partial charge in [0.1, 0.15) is 5.82 Å². The van der Waals surface area contributed by atoms with Crippen molar-refractivity contribution in [3.8, 4) is 0 Å². The van der Waals surface area contributed by atoms with E-state index in [1.807, 2.05) is 12.4 Å². The average molecular weight is 236 g/mol. The van der Waals surface area contributed by atoms with E-state index in [2.05, 4.69) is 40.9 Å². The third-order valence-electron chi connectivity index (χ3n) is 3.91. The van der Waals surface area contributed by atoms with E-state index in [9.17, 15) is 0 Å². The lowest BCUT2D eigenvalue weighted by atomic mass is 10.0. The van der Waals surface area contributed by atoms with Crippen molar-refractivity contribution in [2.24, 2.45) is 13.0 Å². The fourth-order valence-corrected chi connectivity index (χ4v) is 2.89. The first-order valence-electron chi connectivity index (χ1n) is 6.52. The number of hydrogen-bond donors (Lipinski definition) is 1. The Morgan fingerprint density at radius 3 is 3.00 bits per heavy atom. The summed E-state index contributed by atoms with van der Waals surface area (Å²) in [6.07, 6.45) is 7.94. The molecule has 1 N–H and O–H groups in total. The van der Waals surface area contributed by atoms with E-state index >= 15 is 0 Å². The van der Waals surface area contributed by atoms with E-state index in [1.54, 1.807) is 0 Å². The quantitative estimate of drug-likeness (QED) is 0.835. The van der Waals surface area contributed by atoms with Crippen molar-refractivity contribution in [3.05, 3.63) is 18.2 Å². The molecule has 1 aromatic rings. The van der Waals surface area contributed by atoms with Gasteiger partial charge < -0.3 is 9.88 Å². The van der Waals surface area contributed by atoms with Crippen LogP contribution in [-0.4, -0.2) is 41.1 Å². The standard InChI is InChI=1S/C13H24N4/c1-14-12-6-4-5-11(12)9-16(2)10-13-15-7-8-17(13)3/h7-8,11-12,14H,4-6,9-10H2,1-3H3. The number of imidazole rings is 1. The van der Waals surface area contributed by atoms with Gasteiger partial charge in [-0.05, 0) is 32.9 Å². The number of aryl methyl sites for hydroxylation is 1. The summed E-state index contributed by atoms with van der Waals surface area (Å²) in [6, 6.07) is 0.707. The number of rotatable bonds is 5. The molecule has 1 aromatic heterocycles. The Kier molecular flexibility index (Phi) is 4.18. The molecule has 96 valence electrons. The molecule has 2 unspecified atom stereocenters. The van der Waals surface area contributed by atoms with Crippen LogP contribution >= 0.6 is 0 Å². The van der Waals surface area contributed by atoms with Crippen LogP contribution in [0.25, 0.3) is 0 Å². The number of nitrogens with one attached hydrogen (secondary N) is 1. The molecule has 0 bridgehead atoms. The molecule has 0 spiro atoms. The molecule has 2 rings (SSSR count). The van der Waals surface area contributed by atoms with Crippen molar-refractivity contribution in [1.29, 1.82) is 0 Å². The van der Waals surface area contributed by atoms with Gasteiger partial charge in [-0.3, -0.25) is 4.90 Å². The van der Waals surface area contributed by atoms with Crippen molar-refractivity contribution in [1.82, 2.24) is 19.8 Å². The van der Waals surface area contributed by atoms with Crippen molar-refractivity contribution in [2.45, 2.75) is 31.8 Å². The summed E-state index contributed by atoms with van der Waals surface area (Å²) in [7, 11) is 6.34. The minimum absolute atomic E-state index is 0.707. The fraction of sp³-hybridized carbons (Fsp3) is 0.769. The first-order chi connectivity index (χ1) is 8.20. The van der Waals surface area contributed by atoms with Crippen LogP contribution in [0, 0.1) is 5.92 Å². The Balaban J connectivity index is 1.85. The molecule has 1 heterocycles. The maximum atomic E-state index is 4.38. The largest absolute Gasteiger partial charge is 0.337 e. The highest BCUT2D eigenvalue weighted by Crippen LogP contribution is 2.26. The molecule has 1 aliphatic carbocycles. The molecular weight excluding hydrogens is 212 g/mol. The van der Waals surface area contributed by atoms with Crippen LogP contribution in [0.15, 0.2) is 12.4 Å². The van der Waals surface area contributed by atoms with Gasteiger partial charge in [-0.1, -0.05) is 6.42 Å². The van der Waals surface area contributed by atoms with E-state index < -0.39 is 0 Å². The first kappa shape index (κ1) is 12.6. The lowest BCUT2D eigenvalue weighted by Crippen LogP contribution is -2.36. The van der Waals surface area contributed by atoms with E-state index in [1.165, 1.54) is 25.8 Å². The minimum atomic E-state index is 0.707. The molecule has 0 amide bonds. The maximum Gasteiger partial charge on any atom is 0.122 e. The second-order valence-electron chi connectivity index (χ2n) is 5.24. The van der Waals surface area contributed by atoms with Crippen LogP contribution in [0.4, 0.5) is 0 Å². The smallest absolute Gasteiger partial charge is 0.122 e. The summed E-state index contributed by atoms with van der Waals surface area (Å²) >= 11 is 0. The predicted molar refractivity (Wildman–Crippen MR) is 69.7 cm³/mol. The van der Waals surface area contributed by atoms with Crippen LogP contribution in [0.2, 0.25) is 0 Å². The van der Waals surface area contributed by atoms with Gasteiger partial charge in [0.25, 0.3) is 0 Å². The summed E-state index contributed by atoms with van der Waals surface area (Å²) in [6.45, 7) is 2.11. The average Bonchev–Trinajstić information content (AvgIpc) is 2.89. The summed E-state index contributed by atoms with van der Waals surface area (Å²) in [4.78, 5) is 6.77. The monoisotopic (exact) mass is 236 g/mol. The normalized spacial score (nSPS) is 24.7.